The number of urea groups is 1. The Morgan fingerprint density at radius 3 is 2.58 bits per heavy atom. The highest BCUT2D eigenvalue weighted by Gasteiger charge is 2.54. The molecule has 1 aromatic carbocycles. The molecule has 2 aliphatic rings. The molecule has 4 rings (SSSR count). The Morgan fingerprint density at radius 1 is 1.19 bits per heavy atom. The molecule has 3 heterocycles. The van der Waals surface area contributed by atoms with Crippen LogP contribution in [0.1, 0.15) is 28.1 Å². The van der Waals surface area contributed by atoms with Gasteiger partial charge in [-0.05, 0) is 18.4 Å². The van der Waals surface area contributed by atoms with E-state index in [0.29, 0.717) is 37.4 Å². The lowest BCUT2D eigenvalue weighted by Crippen LogP contribution is -2.57. The number of carbonyl (C=O) groups excluding carboxylic acids is 3. The van der Waals surface area contributed by atoms with E-state index in [1.807, 2.05) is 30.3 Å². The molecule has 0 bridgehead atoms. The van der Waals surface area contributed by atoms with Crippen LogP contribution in [0.4, 0.5) is 4.79 Å². The van der Waals surface area contributed by atoms with Crippen LogP contribution < -0.4 is 5.32 Å². The first-order chi connectivity index (χ1) is 12.6. The van der Waals surface area contributed by atoms with Crippen LogP contribution in [0.3, 0.4) is 0 Å². The number of thiazole rings is 1. The van der Waals surface area contributed by atoms with Gasteiger partial charge < -0.3 is 9.80 Å². The number of imide groups is 1. The lowest BCUT2D eigenvalue weighted by Gasteiger charge is -2.42. The van der Waals surface area contributed by atoms with E-state index in [2.05, 4.69) is 10.3 Å². The number of hydrogen-bond donors (Lipinski definition) is 1. The van der Waals surface area contributed by atoms with E-state index in [4.69, 9.17) is 0 Å². The first-order valence-corrected chi connectivity index (χ1v) is 9.33. The topological polar surface area (TPSA) is 82.6 Å². The molecular weight excluding hydrogens is 352 g/mol. The van der Waals surface area contributed by atoms with E-state index in [1.54, 1.807) is 21.5 Å². The number of aromatic nitrogens is 1. The predicted octanol–water partition coefficient (Wildman–Crippen LogP) is 1.87. The molecule has 8 heteroatoms. The van der Waals surface area contributed by atoms with Crippen LogP contribution in [0.15, 0.2) is 42.0 Å². The van der Waals surface area contributed by atoms with Crippen LogP contribution in [0.5, 0.6) is 0 Å². The SMILES string of the molecule is O=C(c1cncs1)N1CCC2(CC1)C(=O)NC(=O)N2Cc1ccccc1. The molecule has 1 N–H and O–H groups in total. The van der Waals surface area contributed by atoms with Gasteiger partial charge in [0.1, 0.15) is 10.4 Å². The maximum absolute atomic E-state index is 12.6. The summed E-state index contributed by atoms with van der Waals surface area (Å²) in [4.78, 5) is 45.3. The Balaban J connectivity index is 1.52. The maximum Gasteiger partial charge on any atom is 0.325 e. The Bertz CT molecular complexity index is 829. The standard InChI is InChI=1S/C18H18N4O3S/c23-15(14-10-19-12-26-14)21-8-6-18(7-9-21)16(24)20-17(25)22(18)11-13-4-2-1-3-5-13/h1-5,10,12H,6-9,11H2,(H,20,24,25). The minimum absolute atomic E-state index is 0.0679. The van der Waals surface area contributed by atoms with Crippen molar-refractivity contribution in [1.82, 2.24) is 20.1 Å². The lowest BCUT2D eigenvalue weighted by atomic mass is 9.85. The quantitative estimate of drug-likeness (QED) is 0.836. The molecular formula is C18H18N4O3S. The van der Waals surface area contributed by atoms with Gasteiger partial charge in [0.05, 0.1) is 11.7 Å². The van der Waals surface area contributed by atoms with E-state index >= 15 is 0 Å². The molecule has 7 nitrogen and oxygen atoms in total. The molecule has 0 saturated carbocycles. The monoisotopic (exact) mass is 370 g/mol. The number of hydrogen-bond acceptors (Lipinski definition) is 5. The summed E-state index contributed by atoms with van der Waals surface area (Å²) in [5, 5.41) is 2.46. The number of benzene rings is 1. The van der Waals surface area contributed by atoms with Gasteiger partial charge in [-0.2, -0.15) is 0 Å². The van der Waals surface area contributed by atoms with Crippen LogP contribution in [-0.2, 0) is 11.3 Å². The molecule has 134 valence electrons. The van der Waals surface area contributed by atoms with Crippen LogP contribution in [0.2, 0.25) is 0 Å². The highest BCUT2D eigenvalue weighted by atomic mass is 32.1. The number of likely N-dealkylation sites (tertiary alicyclic amines) is 1. The second-order valence-electron chi connectivity index (χ2n) is 6.52. The Morgan fingerprint density at radius 2 is 1.92 bits per heavy atom. The molecule has 4 amide bonds. The van der Waals surface area contributed by atoms with E-state index in [-0.39, 0.29) is 17.8 Å². The summed E-state index contributed by atoms with van der Waals surface area (Å²) in [6, 6.07) is 9.25. The highest BCUT2D eigenvalue weighted by molar-refractivity contribution is 7.11. The van der Waals surface area contributed by atoms with Gasteiger partial charge in [-0.25, -0.2) is 4.79 Å². The zero-order valence-corrected chi connectivity index (χ0v) is 14.9. The number of carbonyl (C=O) groups is 3. The molecule has 2 fully saturated rings. The van der Waals surface area contributed by atoms with Crippen molar-refractivity contribution in [2.24, 2.45) is 0 Å². The summed E-state index contributed by atoms with van der Waals surface area (Å²) >= 11 is 1.31. The first-order valence-electron chi connectivity index (χ1n) is 8.45. The molecule has 1 spiro atoms. The predicted molar refractivity (Wildman–Crippen MR) is 95.5 cm³/mol. The van der Waals surface area contributed by atoms with Crippen LogP contribution in [0.25, 0.3) is 0 Å². The van der Waals surface area contributed by atoms with Gasteiger partial charge in [0.25, 0.3) is 11.8 Å². The van der Waals surface area contributed by atoms with Crippen molar-refractivity contribution in [1.29, 1.82) is 0 Å². The third kappa shape index (κ3) is 2.76. The summed E-state index contributed by atoms with van der Waals surface area (Å²) < 4.78 is 0. The number of rotatable bonds is 3. The van der Waals surface area contributed by atoms with Crippen molar-refractivity contribution in [3.63, 3.8) is 0 Å². The van der Waals surface area contributed by atoms with E-state index in [1.165, 1.54) is 11.3 Å². The van der Waals surface area contributed by atoms with Gasteiger partial charge in [0.15, 0.2) is 0 Å². The largest absolute Gasteiger partial charge is 0.338 e. The normalized spacial score (nSPS) is 19.1. The fraction of sp³-hybridized carbons (Fsp3) is 0.333. The second-order valence-corrected chi connectivity index (χ2v) is 7.41. The van der Waals surface area contributed by atoms with Crippen LogP contribution in [-0.4, -0.2) is 51.3 Å². The van der Waals surface area contributed by atoms with Crippen molar-refractivity contribution in [3.8, 4) is 0 Å². The zero-order valence-electron chi connectivity index (χ0n) is 14.1. The van der Waals surface area contributed by atoms with Crippen LogP contribution in [0, 0.1) is 0 Å². The zero-order chi connectivity index (χ0) is 18.1. The van der Waals surface area contributed by atoms with Gasteiger partial charge in [0.2, 0.25) is 0 Å². The summed E-state index contributed by atoms with van der Waals surface area (Å²) in [5.74, 6) is -0.329. The highest BCUT2D eigenvalue weighted by Crippen LogP contribution is 2.35. The minimum Gasteiger partial charge on any atom is -0.338 e. The summed E-state index contributed by atoms with van der Waals surface area (Å²) in [5.41, 5.74) is 1.72. The Labute approximate surface area is 154 Å². The van der Waals surface area contributed by atoms with Crippen LogP contribution >= 0.6 is 11.3 Å². The molecule has 0 atom stereocenters. The molecule has 2 aromatic rings. The average molecular weight is 370 g/mol. The molecule has 1 aromatic heterocycles. The lowest BCUT2D eigenvalue weighted by molar-refractivity contribution is -0.129. The molecule has 2 saturated heterocycles. The Kier molecular flexibility index (Phi) is 4.20. The molecule has 2 aliphatic heterocycles. The number of nitrogens with zero attached hydrogens (tertiary/aromatic N) is 3. The van der Waals surface area contributed by atoms with Gasteiger partial charge in [-0.3, -0.25) is 19.9 Å². The molecule has 0 unspecified atom stereocenters. The third-order valence-corrected chi connectivity index (χ3v) is 5.87. The summed E-state index contributed by atoms with van der Waals surface area (Å²) in [6.45, 7) is 1.24. The van der Waals surface area contributed by atoms with E-state index in [0.717, 1.165) is 5.56 Å². The van der Waals surface area contributed by atoms with Crippen molar-refractivity contribution in [2.45, 2.75) is 24.9 Å². The van der Waals surface area contributed by atoms with Crippen molar-refractivity contribution in [2.75, 3.05) is 13.1 Å². The summed E-state index contributed by atoms with van der Waals surface area (Å²) in [6.07, 6.45) is 2.43. The molecule has 0 radical (unpaired) electrons. The van der Waals surface area contributed by atoms with Gasteiger partial charge in [0, 0.05) is 19.6 Å². The smallest absolute Gasteiger partial charge is 0.325 e. The van der Waals surface area contributed by atoms with Crippen molar-refractivity contribution >= 4 is 29.2 Å². The summed E-state index contributed by atoms with van der Waals surface area (Å²) in [7, 11) is 0. The van der Waals surface area contributed by atoms with Gasteiger partial charge >= 0.3 is 6.03 Å². The van der Waals surface area contributed by atoms with Gasteiger partial charge in [-0.1, -0.05) is 30.3 Å². The minimum atomic E-state index is -0.878. The maximum atomic E-state index is 12.6. The second kappa shape index (κ2) is 6.53. The van der Waals surface area contributed by atoms with Crippen molar-refractivity contribution < 1.29 is 14.4 Å². The first kappa shape index (κ1) is 16.7. The Hall–Kier alpha value is -2.74. The van der Waals surface area contributed by atoms with Crippen molar-refractivity contribution in [3.05, 3.63) is 52.5 Å². The van der Waals surface area contributed by atoms with E-state index < -0.39 is 5.54 Å². The molecule has 0 aliphatic carbocycles. The third-order valence-electron chi connectivity index (χ3n) is 5.11. The average Bonchev–Trinajstić information content (AvgIpc) is 3.27. The molecule has 26 heavy (non-hydrogen) atoms. The van der Waals surface area contributed by atoms with E-state index in [9.17, 15) is 14.4 Å². The number of amides is 4. The number of nitrogens with one attached hydrogen (secondary N) is 1. The fourth-order valence-electron chi connectivity index (χ4n) is 3.64. The van der Waals surface area contributed by atoms with Gasteiger partial charge in [-0.15, -0.1) is 11.3 Å². The fourth-order valence-corrected chi connectivity index (χ4v) is 4.23. The number of piperidine rings is 1.